The van der Waals surface area contributed by atoms with Crippen molar-refractivity contribution in [3.63, 3.8) is 0 Å². The average molecular weight is 434 g/mol. The summed E-state index contributed by atoms with van der Waals surface area (Å²) in [6.07, 6.45) is 11.4. The molecule has 1 amide bonds. The maximum atomic E-state index is 12.5. The van der Waals surface area contributed by atoms with Crippen LogP contribution in [-0.2, 0) is 0 Å². The van der Waals surface area contributed by atoms with Crippen molar-refractivity contribution in [1.82, 2.24) is 14.7 Å². The van der Waals surface area contributed by atoms with Gasteiger partial charge in [-0.2, -0.15) is 5.10 Å². The molecular weight excluding hydrogens is 402 g/mol. The molecule has 7 nitrogen and oxygen atoms in total. The van der Waals surface area contributed by atoms with Crippen molar-refractivity contribution in [2.45, 2.75) is 38.1 Å². The van der Waals surface area contributed by atoms with Gasteiger partial charge in [0.1, 0.15) is 28.6 Å². The number of hydrogen-bond acceptors (Lipinski definition) is 5. The fourth-order valence-corrected chi connectivity index (χ4v) is 5.09. The van der Waals surface area contributed by atoms with Crippen LogP contribution in [0.15, 0.2) is 48.3 Å². The first-order valence-electron chi connectivity index (χ1n) is 11.6. The number of benzene rings is 1. The molecule has 1 saturated heterocycles. The Hall–Kier alpha value is -3.06. The van der Waals surface area contributed by atoms with Crippen LogP contribution in [0.2, 0.25) is 0 Å². The highest BCUT2D eigenvalue weighted by Gasteiger charge is 2.34. The minimum absolute atomic E-state index is 0.292. The minimum atomic E-state index is -0.447. The summed E-state index contributed by atoms with van der Waals surface area (Å²) in [4.78, 5) is 14.8. The number of nitrogens with zero attached hydrogens (tertiary/aromatic N) is 3. The van der Waals surface area contributed by atoms with E-state index in [0.29, 0.717) is 23.2 Å². The largest absolute Gasteiger partial charge is 0.462 e. The number of amides is 1. The van der Waals surface area contributed by atoms with Crippen LogP contribution in [0.3, 0.4) is 0 Å². The Morgan fingerprint density at radius 3 is 2.66 bits per heavy atom. The average Bonchev–Trinajstić information content (AvgIpc) is 3.21. The number of carbonyl (C=O) groups excluding carboxylic acids is 1. The third kappa shape index (κ3) is 4.05. The molecule has 3 aliphatic rings. The molecule has 168 valence electrons. The van der Waals surface area contributed by atoms with E-state index in [1.165, 1.54) is 0 Å². The van der Waals surface area contributed by atoms with Crippen molar-refractivity contribution in [3.05, 3.63) is 53.8 Å². The summed E-state index contributed by atoms with van der Waals surface area (Å²) in [6, 6.07) is 8.07. The summed E-state index contributed by atoms with van der Waals surface area (Å²) in [5.41, 5.74) is 7.84. The van der Waals surface area contributed by atoms with Crippen LogP contribution in [0.25, 0.3) is 11.3 Å². The number of rotatable bonds is 5. The number of nitrogens with one attached hydrogen (secondary N) is 1. The highest BCUT2D eigenvalue weighted by Crippen LogP contribution is 2.40. The number of aromatic nitrogens is 2. The zero-order valence-electron chi connectivity index (χ0n) is 18.6. The van der Waals surface area contributed by atoms with E-state index in [1.807, 2.05) is 41.1 Å². The Bertz CT molecular complexity index is 1050. The molecule has 1 aromatic carbocycles. The predicted molar refractivity (Wildman–Crippen MR) is 126 cm³/mol. The number of primary amides is 1. The van der Waals surface area contributed by atoms with Gasteiger partial charge in [0.25, 0.3) is 5.91 Å². The molecular formula is C25H31N5O2. The lowest BCUT2D eigenvalue weighted by atomic mass is 9.87. The predicted octanol–water partition coefficient (Wildman–Crippen LogP) is 3.96. The molecule has 0 saturated carbocycles. The molecule has 0 spiro atoms. The number of piperidine rings is 1. The zero-order valence-corrected chi connectivity index (χ0v) is 18.6. The van der Waals surface area contributed by atoms with Crippen molar-refractivity contribution >= 4 is 11.7 Å². The van der Waals surface area contributed by atoms with E-state index in [-0.39, 0.29) is 0 Å². The highest BCUT2D eigenvalue weighted by molar-refractivity contribution is 6.03. The number of hydrogen-bond donors (Lipinski definition) is 2. The van der Waals surface area contributed by atoms with Crippen molar-refractivity contribution in [3.8, 4) is 17.0 Å². The fourth-order valence-electron chi connectivity index (χ4n) is 5.09. The number of allylic oxidation sites excluding steroid dienone is 4. The van der Waals surface area contributed by atoms with Gasteiger partial charge in [0.05, 0.1) is 6.04 Å². The van der Waals surface area contributed by atoms with E-state index in [4.69, 9.17) is 15.6 Å². The normalized spacial score (nSPS) is 21.5. The summed E-state index contributed by atoms with van der Waals surface area (Å²) < 4.78 is 8.03. The van der Waals surface area contributed by atoms with Crippen molar-refractivity contribution in [2.75, 3.05) is 32.0 Å². The van der Waals surface area contributed by atoms with Gasteiger partial charge >= 0.3 is 0 Å². The summed E-state index contributed by atoms with van der Waals surface area (Å²) in [5, 5.41) is 8.34. The second-order valence-electron chi connectivity index (χ2n) is 9.03. The van der Waals surface area contributed by atoms with Gasteiger partial charge in [-0.25, -0.2) is 4.68 Å². The Kier molecular flexibility index (Phi) is 5.74. The third-order valence-electron chi connectivity index (χ3n) is 6.86. The molecule has 1 aromatic heterocycles. The SMILES string of the molecule is CN1CCC(C2CCNc3c(C(N)=O)c(-c4ccc(OC5=CC=CCC5)cc4)nn32)CC1. The number of carbonyl (C=O) groups is 1. The summed E-state index contributed by atoms with van der Waals surface area (Å²) in [7, 11) is 2.18. The standard InChI is InChI=1S/C25H31N5O2/c1-29-15-12-17(13-16-29)21-11-14-27-25-22(24(26)31)23(28-30(21)25)18-7-9-20(10-8-18)32-19-5-3-2-4-6-19/h2-3,5,7-10,17,21,27H,4,6,11-16H2,1H3,(H2,26,31). The first kappa shape index (κ1) is 20.8. The topological polar surface area (TPSA) is 85.4 Å². The van der Waals surface area contributed by atoms with E-state index in [0.717, 1.165) is 74.6 Å². The van der Waals surface area contributed by atoms with Gasteiger partial charge in [0.15, 0.2) is 0 Å². The van der Waals surface area contributed by atoms with Crippen molar-refractivity contribution in [2.24, 2.45) is 11.7 Å². The van der Waals surface area contributed by atoms with E-state index in [2.05, 4.69) is 23.3 Å². The molecule has 3 heterocycles. The van der Waals surface area contributed by atoms with Gasteiger partial charge in [-0.1, -0.05) is 12.2 Å². The second-order valence-corrected chi connectivity index (χ2v) is 9.03. The molecule has 32 heavy (non-hydrogen) atoms. The Morgan fingerprint density at radius 2 is 1.97 bits per heavy atom. The summed E-state index contributed by atoms with van der Waals surface area (Å²) in [5.74, 6) is 2.62. The van der Waals surface area contributed by atoms with Crippen molar-refractivity contribution in [1.29, 1.82) is 0 Å². The van der Waals surface area contributed by atoms with Crippen LogP contribution in [0.1, 0.15) is 48.5 Å². The van der Waals surface area contributed by atoms with Gasteiger partial charge in [0.2, 0.25) is 0 Å². The maximum Gasteiger partial charge on any atom is 0.254 e. The molecule has 2 aliphatic heterocycles. The van der Waals surface area contributed by atoms with Crippen LogP contribution < -0.4 is 15.8 Å². The minimum Gasteiger partial charge on any atom is -0.462 e. The summed E-state index contributed by atoms with van der Waals surface area (Å²) >= 11 is 0. The Labute approximate surface area is 188 Å². The molecule has 1 aliphatic carbocycles. The first-order valence-corrected chi connectivity index (χ1v) is 11.6. The molecule has 5 rings (SSSR count). The van der Waals surface area contributed by atoms with Gasteiger partial charge in [-0.3, -0.25) is 4.79 Å². The number of fused-ring (bicyclic) bond motifs is 1. The van der Waals surface area contributed by atoms with Crippen LogP contribution in [0.5, 0.6) is 5.75 Å². The fraction of sp³-hybridized carbons (Fsp3) is 0.440. The zero-order chi connectivity index (χ0) is 22.1. The smallest absolute Gasteiger partial charge is 0.254 e. The number of nitrogens with two attached hydrogens (primary N) is 1. The molecule has 1 unspecified atom stereocenters. The Balaban J connectivity index is 1.45. The third-order valence-corrected chi connectivity index (χ3v) is 6.86. The molecule has 3 N–H and O–H groups in total. The molecule has 2 aromatic rings. The van der Waals surface area contributed by atoms with Gasteiger partial charge < -0.3 is 20.7 Å². The van der Waals surface area contributed by atoms with Crippen LogP contribution in [0, 0.1) is 5.92 Å². The number of anilines is 1. The molecule has 1 atom stereocenters. The monoisotopic (exact) mass is 433 g/mol. The Morgan fingerprint density at radius 1 is 1.19 bits per heavy atom. The van der Waals surface area contributed by atoms with Crippen LogP contribution in [0.4, 0.5) is 5.82 Å². The maximum absolute atomic E-state index is 12.5. The lowest BCUT2D eigenvalue weighted by Crippen LogP contribution is -2.37. The van der Waals surface area contributed by atoms with E-state index in [1.54, 1.807) is 0 Å². The second kappa shape index (κ2) is 8.82. The molecule has 7 heteroatoms. The number of likely N-dealkylation sites (tertiary alicyclic amines) is 1. The quantitative estimate of drug-likeness (QED) is 0.746. The van der Waals surface area contributed by atoms with E-state index in [9.17, 15) is 4.79 Å². The van der Waals surface area contributed by atoms with Crippen molar-refractivity contribution < 1.29 is 9.53 Å². The molecule has 0 radical (unpaired) electrons. The van der Waals surface area contributed by atoms with Gasteiger partial charge in [0, 0.05) is 18.5 Å². The lowest BCUT2D eigenvalue weighted by molar-refractivity contribution is 0.100. The summed E-state index contributed by atoms with van der Waals surface area (Å²) in [6.45, 7) is 3.04. The highest BCUT2D eigenvalue weighted by atomic mass is 16.5. The molecule has 0 bridgehead atoms. The number of ether oxygens (including phenoxy) is 1. The first-order chi connectivity index (χ1) is 15.6. The molecule has 1 fully saturated rings. The van der Waals surface area contributed by atoms with E-state index >= 15 is 0 Å². The van der Waals surface area contributed by atoms with Gasteiger partial charge in [-0.15, -0.1) is 0 Å². The van der Waals surface area contributed by atoms with Gasteiger partial charge in [-0.05, 0) is 82.1 Å². The lowest BCUT2D eigenvalue weighted by Gasteiger charge is -2.37. The van der Waals surface area contributed by atoms with E-state index < -0.39 is 5.91 Å². The van der Waals surface area contributed by atoms with Crippen LogP contribution >= 0.6 is 0 Å². The van der Waals surface area contributed by atoms with Crippen LogP contribution in [-0.4, -0.2) is 47.3 Å².